The highest BCUT2D eigenvalue weighted by Crippen LogP contribution is 2.41. The van der Waals surface area contributed by atoms with Crippen LogP contribution < -0.4 is 0 Å². The fourth-order valence-corrected chi connectivity index (χ4v) is 1.38. The summed E-state index contributed by atoms with van der Waals surface area (Å²) >= 11 is 0. The van der Waals surface area contributed by atoms with Gasteiger partial charge in [-0.25, -0.2) is 4.39 Å². The first-order chi connectivity index (χ1) is 6.27. The van der Waals surface area contributed by atoms with Crippen molar-refractivity contribution in [1.29, 1.82) is 0 Å². The van der Waals surface area contributed by atoms with E-state index in [0.29, 0.717) is 13.0 Å². The zero-order valence-corrected chi connectivity index (χ0v) is 7.09. The first-order valence-corrected chi connectivity index (χ1v) is 4.10. The fraction of sp³-hybridized carbons (Fsp3) is 0.273. The standard InChI is InChI=1S/C11H9FO/c1-2-7-11(8-13-11)9-3-5-10(12)6-4-9/h1,3-6H,7-8H2. The molecule has 1 heterocycles. The van der Waals surface area contributed by atoms with Gasteiger partial charge in [-0.3, -0.25) is 0 Å². The maximum atomic E-state index is 12.6. The molecule has 2 rings (SSSR count). The topological polar surface area (TPSA) is 12.5 Å². The van der Waals surface area contributed by atoms with Crippen LogP contribution in [-0.2, 0) is 10.3 Å². The van der Waals surface area contributed by atoms with E-state index in [2.05, 4.69) is 5.92 Å². The maximum Gasteiger partial charge on any atom is 0.127 e. The number of hydrogen-bond donors (Lipinski definition) is 0. The first kappa shape index (κ1) is 8.28. The van der Waals surface area contributed by atoms with Gasteiger partial charge in [-0.2, -0.15) is 0 Å². The molecule has 1 aliphatic rings. The Bertz CT molecular complexity index is 343. The van der Waals surface area contributed by atoms with Crippen molar-refractivity contribution in [3.05, 3.63) is 35.6 Å². The van der Waals surface area contributed by atoms with Crippen LogP contribution in [0.4, 0.5) is 4.39 Å². The molecule has 13 heavy (non-hydrogen) atoms. The van der Waals surface area contributed by atoms with E-state index in [1.807, 2.05) is 0 Å². The van der Waals surface area contributed by atoms with Crippen molar-refractivity contribution in [3.8, 4) is 12.3 Å². The number of halogens is 1. The average molecular weight is 176 g/mol. The molecule has 0 bridgehead atoms. The lowest BCUT2D eigenvalue weighted by molar-refractivity contribution is 0.313. The summed E-state index contributed by atoms with van der Waals surface area (Å²) in [5.41, 5.74) is 0.648. The molecule has 1 aliphatic heterocycles. The zero-order valence-electron chi connectivity index (χ0n) is 7.09. The highest BCUT2D eigenvalue weighted by Gasteiger charge is 2.45. The van der Waals surface area contributed by atoms with E-state index in [1.54, 1.807) is 12.1 Å². The third-order valence-electron chi connectivity index (χ3n) is 2.25. The van der Waals surface area contributed by atoms with Crippen LogP contribution in [0.25, 0.3) is 0 Å². The van der Waals surface area contributed by atoms with Crippen LogP contribution in [0.1, 0.15) is 12.0 Å². The van der Waals surface area contributed by atoms with Gasteiger partial charge in [0.15, 0.2) is 0 Å². The van der Waals surface area contributed by atoms with Crippen molar-refractivity contribution in [3.63, 3.8) is 0 Å². The largest absolute Gasteiger partial charge is 0.363 e. The predicted octanol–water partition coefficient (Wildman–Crippen LogP) is 2.07. The lowest BCUT2D eigenvalue weighted by atomic mass is 9.97. The van der Waals surface area contributed by atoms with Gasteiger partial charge < -0.3 is 4.74 Å². The van der Waals surface area contributed by atoms with Crippen LogP contribution >= 0.6 is 0 Å². The SMILES string of the molecule is C#CCC1(c2ccc(F)cc2)CO1. The molecule has 1 nitrogen and oxygen atoms in total. The Balaban J connectivity index is 2.26. The second-order valence-electron chi connectivity index (χ2n) is 3.17. The van der Waals surface area contributed by atoms with Crippen LogP contribution in [-0.4, -0.2) is 6.61 Å². The monoisotopic (exact) mass is 176 g/mol. The van der Waals surface area contributed by atoms with E-state index in [1.165, 1.54) is 12.1 Å². The summed E-state index contributed by atoms with van der Waals surface area (Å²) in [5, 5.41) is 0. The minimum absolute atomic E-state index is 0.236. The first-order valence-electron chi connectivity index (χ1n) is 4.10. The lowest BCUT2D eigenvalue weighted by Gasteiger charge is -2.07. The van der Waals surface area contributed by atoms with Crippen molar-refractivity contribution in [2.45, 2.75) is 12.0 Å². The summed E-state index contributed by atoms with van der Waals surface area (Å²) in [5.74, 6) is 2.33. The third kappa shape index (κ3) is 1.43. The van der Waals surface area contributed by atoms with Gasteiger partial charge >= 0.3 is 0 Å². The maximum absolute atomic E-state index is 12.6. The quantitative estimate of drug-likeness (QED) is 0.496. The van der Waals surface area contributed by atoms with Crippen molar-refractivity contribution < 1.29 is 9.13 Å². The molecule has 1 aromatic carbocycles. The average Bonchev–Trinajstić information content (AvgIpc) is 2.87. The number of hydrogen-bond acceptors (Lipinski definition) is 1. The molecule has 2 heteroatoms. The molecular weight excluding hydrogens is 167 g/mol. The molecular formula is C11H9FO. The summed E-state index contributed by atoms with van der Waals surface area (Å²) in [4.78, 5) is 0. The highest BCUT2D eigenvalue weighted by atomic mass is 19.1. The zero-order chi connectivity index (χ0) is 9.31. The van der Waals surface area contributed by atoms with Gasteiger partial charge in [-0.05, 0) is 17.7 Å². The molecule has 0 radical (unpaired) electrons. The molecule has 1 saturated heterocycles. The van der Waals surface area contributed by atoms with Gasteiger partial charge in [-0.15, -0.1) is 12.3 Å². The summed E-state index contributed by atoms with van der Waals surface area (Å²) < 4.78 is 17.9. The van der Waals surface area contributed by atoms with Crippen molar-refractivity contribution in [1.82, 2.24) is 0 Å². The molecule has 0 aromatic heterocycles. The molecule has 1 aromatic rings. The van der Waals surface area contributed by atoms with Gasteiger partial charge in [0.1, 0.15) is 11.4 Å². The van der Waals surface area contributed by atoms with E-state index >= 15 is 0 Å². The molecule has 0 saturated carbocycles. The van der Waals surface area contributed by atoms with Gasteiger partial charge in [0.05, 0.1) is 6.61 Å². The molecule has 1 unspecified atom stereocenters. The third-order valence-corrected chi connectivity index (χ3v) is 2.25. The highest BCUT2D eigenvalue weighted by molar-refractivity contribution is 5.28. The molecule has 0 amide bonds. The van der Waals surface area contributed by atoms with Gasteiger partial charge in [-0.1, -0.05) is 12.1 Å². The smallest absolute Gasteiger partial charge is 0.127 e. The Morgan fingerprint density at radius 3 is 2.54 bits per heavy atom. The predicted molar refractivity (Wildman–Crippen MR) is 47.5 cm³/mol. The number of ether oxygens (including phenoxy) is 1. The van der Waals surface area contributed by atoms with Crippen molar-refractivity contribution in [2.24, 2.45) is 0 Å². The second kappa shape index (κ2) is 2.86. The number of benzene rings is 1. The summed E-state index contributed by atoms with van der Waals surface area (Å²) in [6.07, 6.45) is 5.77. The normalized spacial score (nSPS) is 25.2. The van der Waals surface area contributed by atoms with E-state index in [0.717, 1.165) is 5.56 Å². The number of epoxide rings is 1. The molecule has 0 spiro atoms. The minimum atomic E-state index is -0.317. The van der Waals surface area contributed by atoms with Crippen molar-refractivity contribution >= 4 is 0 Å². The Morgan fingerprint density at radius 2 is 2.08 bits per heavy atom. The summed E-state index contributed by atoms with van der Waals surface area (Å²) in [7, 11) is 0. The number of rotatable bonds is 2. The van der Waals surface area contributed by atoms with Crippen LogP contribution in [0.3, 0.4) is 0 Å². The fourth-order valence-electron chi connectivity index (χ4n) is 1.38. The van der Waals surface area contributed by atoms with Gasteiger partial charge in [0.25, 0.3) is 0 Å². The molecule has 1 fully saturated rings. The van der Waals surface area contributed by atoms with E-state index < -0.39 is 0 Å². The molecule has 66 valence electrons. The van der Waals surface area contributed by atoms with E-state index in [9.17, 15) is 4.39 Å². The second-order valence-corrected chi connectivity index (χ2v) is 3.17. The Kier molecular flexibility index (Phi) is 1.82. The van der Waals surface area contributed by atoms with Crippen molar-refractivity contribution in [2.75, 3.05) is 6.61 Å². The van der Waals surface area contributed by atoms with Crippen LogP contribution in [0.15, 0.2) is 24.3 Å². The Labute approximate surface area is 76.5 Å². The van der Waals surface area contributed by atoms with Gasteiger partial charge in [0, 0.05) is 6.42 Å². The minimum Gasteiger partial charge on any atom is -0.363 e. The summed E-state index contributed by atoms with van der Waals surface area (Å²) in [6, 6.07) is 6.30. The van der Waals surface area contributed by atoms with Gasteiger partial charge in [0.2, 0.25) is 0 Å². The Hall–Kier alpha value is -1.33. The Morgan fingerprint density at radius 1 is 1.46 bits per heavy atom. The molecule has 1 atom stereocenters. The lowest BCUT2D eigenvalue weighted by Crippen LogP contribution is -2.07. The van der Waals surface area contributed by atoms with Crippen LogP contribution in [0.5, 0.6) is 0 Å². The number of terminal acetylenes is 1. The summed E-state index contributed by atoms with van der Waals surface area (Å²) in [6.45, 7) is 0.642. The molecule has 0 aliphatic carbocycles. The van der Waals surface area contributed by atoms with Crippen LogP contribution in [0.2, 0.25) is 0 Å². The van der Waals surface area contributed by atoms with E-state index in [-0.39, 0.29) is 11.4 Å². The van der Waals surface area contributed by atoms with E-state index in [4.69, 9.17) is 11.2 Å². The van der Waals surface area contributed by atoms with Crippen LogP contribution in [0, 0.1) is 18.2 Å². The molecule has 0 N–H and O–H groups in total.